The van der Waals surface area contributed by atoms with E-state index in [0.29, 0.717) is 19.7 Å². The van der Waals surface area contributed by atoms with Crippen molar-refractivity contribution in [2.75, 3.05) is 19.7 Å². The molecule has 6 heteroatoms. The van der Waals surface area contributed by atoms with Crippen molar-refractivity contribution in [3.63, 3.8) is 0 Å². The summed E-state index contributed by atoms with van der Waals surface area (Å²) in [5.74, 6) is 0.890. The van der Waals surface area contributed by atoms with Gasteiger partial charge in [0.25, 0.3) is 5.91 Å². The zero-order chi connectivity index (χ0) is 12.3. The fraction of sp³-hybridized carbons (Fsp3) is 0.727. The van der Waals surface area contributed by atoms with Crippen molar-refractivity contribution in [3.05, 3.63) is 11.6 Å². The summed E-state index contributed by atoms with van der Waals surface area (Å²) in [4.78, 5) is 18.1. The number of rotatable bonds is 2. The molecule has 1 unspecified atom stereocenters. The van der Waals surface area contributed by atoms with Gasteiger partial charge in [-0.25, -0.2) is 4.98 Å². The molecular weight excluding hydrogens is 220 g/mol. The molecule has 1 amide bonds. The Morgan fingerprint density at radius 3 is 3.18 bits per heavy atom. The lowest BCUT2D eigenvalue weighted by Gasteiger charge is -2.20. The normalized spacial score (nSPS) is 21.3. The van der Waals surface area contributed by atoms with E-state index in [1.54, 1.807) is 4.90 Å². The molecule has 1 aromatic heterocycles. The van der Waals surface area contributed by atoms with E-state index in [-0.39, 0.29) is 17.8 Å². The van der Waals surface area contributed by atoms with Gasteiger partial charge in [0.2, 0.25) is 5.82 Å². The Kier molecular flexibility index (Phi) is 3.73. The Labute approximate surface area is 100 Å². The van der Waals surface area contributed by atoms with Gasteiger partial charge in [-0.1, -0.05) is 6.92 Å². The first kappa shape index (κ1) is 12.0. The standard InChI is InChI=1S/C11H18N4O2/c1-3-9-12-10(14-13-9)11(16)15-5-4-6-17-8(2)7-15/h8H,3-7H2,1-2H3,(H,12,13,14). The fourth-order valence-electron chi connectivity index (χ4n) is 1.87. The fourth-order valence-corrected chi connectivity index (χ4v) is 1.87. The highest BCUT2D eigenvalue weighted by molar-refractivity contribution is 5.90. The van der Waals surface area contributed by atoms with E-state index in [9.17, 15) is 4.79 Å². The van der Waals surface area contributed by atoms with Crippen molar-refractivity contribution in [1.29, 1.82) is 0 Å². The van der Waals surface area contributed by atoms with Gasteiger partial charge in [0.05, 0.1) is 6.10 Å². The van der Waals surface area contributed by atoms with Gasteiger partial charge in [0, 0.05) is 26.1 Å². The number of carbonyl (C=O) groups excluding carboxylic acids is 1. The minimum atomic E-state index is -0.113. The van der Waals surface area contributed by atoms with Gasteiger partial charge in [-0.3, -0.25) is 9.89 Å². The molecule has 1 fully saturated rings. The number of hydrogen-bond acceptors (Lipinski definition) is 4. The summed E-state index contributed by atoms with van der Waals surface area (Å²) >= 11 is 0. The number of H-pyrrole nitrogens is 1. The molecule has 17 heavy (non-hydrogen) atoms. The van der Waals surface area contributed by atoms with Crippen LogP contribution in [0, 0.1) is 0 Å². The van der Waals surface area contributed by atoms with Crippen LogP contribution in [0.2, 0.25) is 0 Å². The maximum absolute atomic E-state index is 12.2. The number of aromatic nitrogens is 3. The van der Waals surface area contributed by atoms with Crippen LogP contribution in [-0.4, -0.2) is 51.8 Å². The molecule has 1 N–H and O–H groups in total. The van der Waals surface area contributed by atoms with E-state index in [0.717, 1.165) is 18.7 Å². The number of aryl methyl sites for hydroxylation is 1. The van der Waals surface area contributed by atoms with Crippen LogP contribution in [0.5, 0.6) is 0 Å². The lowest BCUT2D eigenvalue weighted by molar-refractivity contribution is 0.0556. The van der Waals surface area contributed by atoms with Crippen molar-refractivity contribution >= 4 is 5.91 Å². The van der Waals surface area contributed by atoms with Crippen molar-refractivity contribution < 1.29 is 9.53 Å². The van der Waals surface area contributed by atoms with E-state index in [4.69, 9.17) is 4.74 Å². The molecule has 2 rings (SSSR count). The van der Waals surface area contributed by atoms with E-state index in [1.165, 1.54) is 0 Å². The van der Waals surface area contributed by atoms with Gasteiger partial charge in [0.1, 0.15) is 5.82 Å². The smallest absolute Gasteiger partial charge is 0.293 e. The molecule has 1 aromatic rings. The van der Waals surface area contributed by atoms with E-state index >= 15 is 0 Å². The van der Waals surface area contributed by atoms with Gasteiger partial charge in [0.15, 0.2) is 0 Å². The molecule has 1 aliphatic heterocycles. The van der Waals surface area contributed by atoms with Gasteiger partial charge >= 0.3 is 0 Å². The van der Waals surface area contributed by atoms with Gasteiger partial charge < -0.3 is 9.64 Å². The predicted molar refractivity (Wildman–Crippen MR) is 61.7 cm³/mol. The van der Waals surface area contributed by atoms with Crippen LogP contribution in [0.15, 0.2) is 0 Å². The Morgan fingerprint density at radius 2 is 2.47 bits per heavy atom. The van der Waals surface area contributed by atoms with E-state index in [1.807, 2.05) is 13.8 Å². The second-order valence-corrected chi connectivity index (χ2v) is 4.25. The number of aromatic amines is 1. The zero-order valence-corrected chi connectivity index (χ0v) is 10.3. The van der Waals surface area contributed by atoms with Gasteiger partial charge in [-0.05, 0) is 13.3 Å². The Balaban J connectivity index is 2.07. The lowest BCUT2D eigenvalue weighted by atomic mass is 10.3. The molecule has 94 valence electrons. The van der Waals surface area contributed by atoms with Crippen LogP contribution in [0.25, 0.3) is 0 Å². The largest absolute Gasteiger partial charge is 0.377 e. The highest BCUT2D eigenvalue weighted by Crippen LogP contribution is 2.08. The highest BCUT2D eigenvalue weighted by Gasteiger charge is 2.23. The summed E-state index contributed by atoms with van der Waals surface area (Å²) in [6, 6.07) is 0. The van der Waals surface area contributed by atoms with Crippen molar-refractivity contribution in [2.45, 2.75) is 32.8 Å². The van der Waals surface area contributed by atoms with Crippen LogP contribution in [0.4, 0.5) is 0 Å². The third kappa shape index (κ3) is 2.82. The zero-order valence-electron chi connectivity index (χ0n) is 10.3. The number of ether oxygens (including phenoxy) is 1. The van der Waals surface area contributed by atoms with Crippen molar-refractivity contribution in [1.82, 2.24) is 20.1 Å². The molecule has 1 saturated heterocycles. The molecule has 2 heterocycles. The topological polar surface area (TPSA) is 71.1 Å². The van der Waals surface area contributed by atoms with Gasteiger partial charge in [-0.2, -0.15) is 0 Å². The number of nitrogens with one attached hydrogen (secondary N) is 1. The summed E-state index contributed by atoms with van der Waals surface area (Å²) in [6.07, 6.45) is 1.69. The Morgan fingerprint density at radius 1 is 1.65 bits per heavy atom. The first-order valence-corrected chi connectivity index (χ1v) is 6.03. The molecule has 0 bridgehead atoms. The first-order valence-electron chi connectivity index (χ1n) is 6.03. The molecule has 0 aromatic carbocycles. The SMILES string of the molecule is CCc1nc(C(=O)N2CCCOC(C)C2)n[nH]1. The number of hydrogen-bond donors (Lipinski definition) is 1. The summed E-state index contributed by atoms with van der Waals surface area (Å²) in [7, 11) is 0. The van der Waals surface area contributed by atoms with Crippen molar-refractivity contribution in [3.8, 4) is 0 Å². The van der Waals surface area contributed by atoms with Crippen LogP contribution in [-0.2, 0) is 11.2 Å². The van der Waals surface area contributed by atoms with E-state index in [2.05, 4.69) is 15.2 Å². The second kappa shape index (κ2) is 5.27. The first-order chi connectivity index (χ1) is 8.20. The maximum Gasteiger partial charge on any atom is 0.293 e. The second-order valence-electron chi connectivity index (χ2n) is 4.25. The molecule has 0 aliphatic carbocycles. The predicted octanol–water partition coefficient (Wildman–Crippen LogP) is 0.618. The molecular formula is C11H18N4O2. The van der Waals surface area contributed by atoms with Crippen molar-refractivity contribution in [2.24, 2.45) is 0 Å². The monoisotopic (exact) mass is 238 g/mol. The summed E-state index contributed by atoms with van der Waals surface area (Å²) in [5, 5.41) is 6.71. The average molecular weight is 238 g/mol. The average Bonchev–Trinajstić information content (AvgIpc) is 2.71. The summed E-state index contributed by atoms with van der Waals surface area (Å²) in [6.45, 7) is 5.96. The molecule has 1 atom stereocenters. The number of amides is 1. The maximum atomic E-state index is 12.2. The van der Waals surface area contributed by atoms with Crippen LogP contribution < -0.4 is 0 Å². The van der Waals surface area contributed by atoms with Crippen LogP contribution in [0.1, 0.15) is 36.7 Å². The Bertz CT molecular complexity index is 391. The molecule has 1 aliphatic rings. The molecule has 0 radical (unpaired) electrons. The quantitative estimate of drug-likeness (QED) is 0.819. The molecule has 0 saturated carbocycles. The minimum absolute atomic E-state index is 0.0750. The summed E-state index contributed by atoms with van der Waals surface area (Å²) < 4.78 is 5.50. The highest BCUT2D eigenvalue weighted by atomic mass is 16.5. The van der Waals surface area contributed by atoms with Crippen LogP contribution >= 0.6 is 0 Å². The van der Waals surface area contributed by atoms with E-state index < -0.39 is 0 Å². The van der Waals surface area contributed by atoms with Gasteiger partial charge in [-0.15, -0.1) is 5.10 Å². The molecule has 6 nitrogen and oxygen atoms in total. The van der Waals surface area contributed by atoms with Crippen LogP contribution in [0.3, 0.4) is 0 Å². The summed E-state index contributed by atoms with van der Waals surface area (Å²) in [5.41, 5.74) is 0. The number of nitrogens with zero attached hydrogens (tertiary/aromatic N) is 3. The third-order valence-electron chi connectivity index (χ3n) is 2.80. The number of carbonyl (C=O) groups is 1. The third-order valence-corrected chi connectivity index (χ3v) is 2.80. The Hall–Kier alpha value is -1.43. The minimum Gasteiger partial charge on any atom is -0.377 e. The lowest BCUT2D eigenvalue weighted by Crippen LogP contribution is -2.36. The molecule has 0 spiro atoms.